The molecule has 0 bridgehead atoms. The van der Waals surface area contributed by atoms with Gasteiger partial charge in [0, 0.05) is 5.92 Å². The molecule has 1 aliphatic rings. The Morgan fingerprint density at radius 1 is 1.27 bits per heavy atom. The Morgan fingerprint density at radius 3 is 2.53 bits per heavy atom. The Hall–Kier alpha value is -0.350. The van der Waals surface area contributed by atoms with Gasteiger partial charge in [-0.25, -0.2) is 0 Å². The Balaban J connectivity index is 2.19. The van der Waals surface area contributed by atoms with E-state index >= 15 is 0 Å². The van der Waals surface area contributed by atoms with Gasteiger partial charge in [0.15, 0.2) is 4.60 Å². The maximum atomic E-state index is 9.26. The molecule has 1 heterocycles. The van der Waals surface area contributed by atoms with Crippen molar-refractivity contribution in [2.24, 2.45) is 0 Å². The lowest BCUT2D eigenvalue weighted by atomic mass is 9.95. The molecule has 1 aliphatic carbocycles. The van der Waals surface area contributed by atoms with E-state index in [1.165, 1.54) is 25.7 Å². The minimum atomic E-state index is 0.00984. The normalized spacial score (nSPS) is 19.1. The summed E-state index contributed by atoms with van der Waals surface area (Å²) in [4.78, 5) is 0. The molecule has 84 valence electrons. The summed E-state index contributed by atoms with van der Waals surface area (Å²) in [5, 5.41) is 13.1. The van der Waals surface area contributed by atoms with Crippen molar-refractivity contribution in [1.82, 2.24) is 5.16 Å². The monoisotopic (exact) mass is 273 g/mol. The van der Waals surface area contributed by atoms with E-state index in [4.69, 9.17) is 4.52 Å². The fraction of sp³-hybridized carbons (Fsp3) is 0.727. The van der Waals surface area contributed by atoms with Gasteiger partial charge in [-0.3, -0.25) is 0 Å². The van der Waals surface area contributed by atoms with Crippen LogP contribution in [0.15, 0.2) is 9.13 Å². The minimum absolute atomic E-state index is 0.00984. The van der Waals surface area contributed by atoms with Crippen LogP contribution in [0, 0.1) is 0 Å². The highest BCUT2D eigenvalue weighted by Crippen LogP contribution is 2.35. The maximum Gasteiger partial charge on any atom is 0.155 e. The highest BCUT2D eigenvalue weighted by Gasteiger charge is 2.23. The molecular formula is C11H16BrNO2. The topological polar surface area (TPSA) is 46.3 Å². The van der Waals surface area contributed by atoms with Crippen LogP contribution in [0.25, 0.3) is 0 Å². The van der Waals surface area contributed by atoms with Gasteiger partial charge in [-0.1, -0.05) is 30.8 Å². The maximum absolute atomic E-state index is 9.26. The van der Waals surface area contributed by atoms with E-state index in [9.17, 15) is 5.11 Å². The van der Waals surface area contributed by atoms with E-state index in [0.29, 0.717) is 10.5 Å². The zero-order valence-corrected chi connectivity index (χ0v) is 10.3. The van der Waals surface area contributed by atoms with Crippen LogP contribution in [0.4, 0.5) is 0 Å². The molecule has 0 radical (unpaired) electrons. The number of hydrogen-bond donors (Lipinski definition) is 1. The third-order valence-corrected chi connectivity index (χ3v) is 3.78. The predicted octanol–water partition coefficient (Wildman–Crippen LogP) is 3.37. The van der Waals surface area contributed by atoms with E-state index in [0.717, 1.165) is 24.2 Å². The van der Waals surface area contributed by atoms with E-state index in [2.05, 4.69) is 21.1 Å². The third kappa shape index (κ3) is 2.42. The van der Waals surface area contributed by atoms with Crippen molar-refractivity contribution in [1.29, 1.82) is 0 Å². The molecule has 0 unspecified atom stereocenters. The molecular weight excluding hydrogens is 258 g/mol. The molecule has 1 aromatic heterocycles. The number of hydrogen-bond acceptors (Lipinski definition) is 3. The molecule has 0 saturated heterocycles. The van der Waals surface area contributed by atoms with Gasteiger partial charge in [-0.05, 0) is 28.8 Å². The molecule has 3 nitrogen and oxygen atoms in total. The largest absolute Gasteiger partial charge is 0.391 e. The molecule has 15 heavy (non-hydrogen) atoms. The van der Waals surface area contributed by atoms with Crippen LogP contribution in [0.2, 0.25) is 0 Å². The number of nitrogens with zero attached hydrogens (tertiary/aromatic N) is 1. The van der Waals surface area contributed by atoms with Crippen LogP contribution in [-0.4, -0.2) is 10.3 Å². The number of rotatable bonds is 2. The smallest absolute Gasteiger partial charge is 0.155 e. The van der Waals surface area contributed by atoms with E-state index in [1.54, 1.807) is 0 Å². The fourth-order valence-corrected chi connectivity index (χ4v) is 2.70. The molecule has 1 aromatic rings. The Kier molecular flexibility index (Phi) is 3.81. The van der Waals surface area contributed by atoms with Gasteiger partial charge in [0.2, 0.25) is 0 Å². The van der Waals surface area contributed by atoms with E-state index < -0.39 is 0 Å². The lowest BCUT2D eigenvalue weighted by molar-refractivity contribution is 0.272. The first-order valence-corrected chi connectivity index (χ1v) is 6.37. The number of halogens is 1. The third-order valence-electron chi connectivity index (χ3n) is 3.15. The van der Waals surface area contributed by atoms with Crippen molar-refractivity contribution in [2.75, 3.05) is 0 Å². The molecule has 0 atom stereocenters. The zero-order valence-electron chi connectivity index (χ0n) is 8.71. The predicted molar refractivity (Wildman–Crippen MR) is 60.6 cm³/mol. The summed E-state index contributed by atoms with van der Waals surface area (Å²) in [6.07, 6.45) is 7.48. The molecule has 0 aliphatic heterocycles. The van der Waals surface area contributed by atoms with Crippen LogP contribution in [0.3, 0.4) is 0 Å². The summed E-state index contributed by atoms with van der Waals surface area (Å²) in [5.74, 6) is 1.35. The second-order valence-corrected chi connectivity index (χ2v) is 4.91. The summed E-state index contributed by atoms with van der Waals surface area (Å²) in [6, 6.07) is 0. The quantitative estimate of drug-likeness (QED) is 0.841. The molecule has 2 rings (SSSR count). The molecule has 1 N–H and O–H groups in total. The molecule has 0 amide bonds. The highest BCUT2D eigenvalue weighted by atomic mass is 79.9. The Labute approximate surface area is 98.0 Å². The van der Waals surface area contributed by atoms with Crippen molar-refractivity contribution in [3.05, 3.63) is 15.9 Å². The summed E-state index contributed by atoms with van der Waals surface area (Å²) in [5.41, 5.74) is 0.835. The molecule has 0 spiro atoms. The van der Waals surface area contributed by atoms with Crippen molar-refractivity contribution in [3.63, 3.8) is 0 Å². The first-order chi connectivity index (χ1) is 7.33. The van der Waals surface area contributed by atoms with Crippen LogP contribution in [0.5, 0.6) is 0 Å². The van der Waals surface area contributed by atoms with Gasteiger partial charge in [0.1, 0.15) is 5.76 Å². The van der Waals surface area contributed by atoms with Gasteiger partial charge in [-0.2, -0.15) is 0 Å². The average Bonchev–Trinajstić information content (AvgIpc) is 2.48. The second kappa shape index (κ2) is 5.12. The van der Waals surface area contributed by atoms with Gasteiger partial charge in [-0.15, -0.1) is 0 Å². The zero-order chi connectivity index (χ0) is 10.7. The van der Waals surface area contributed by atoms with Crippen LogP contribution < -0.4 is 0 Å². The number of aliphatic hydroxyl groups is 1. The van der Waals surface area contributed by atoms with Crippen molar-refractivity contribution in [2.45, 2.75) is 51.0 Å². The van der Waals surface area contributed by atoms with Gasteiger partial charge < -0.3 is 9.63 Å². The van der Waals surface area contributed by atoms with E-state index in [1.807, 2.05) is 0 Å². The summed E-state index contributed by atoms with van der Waals surface area (Å²) < 4.78 is 5.98. The number of aromatic nitrogens is 1. The first kappa shape index (κ1) is 11.1. The minimum Gasteiger partial charge on any atom is -0.391 e. The first-order valence-electron chi connectivity index (χ1n) is 5.57. The van der Waals surface area contributed by atoms with Gasteiger partial charge in [0.25, 0.3) is 0 Å². The van der Waals surface area contributed by atoms with Crippen LogP contribution in [-0.2, 0) is 6.61 Å². The van der Waals surface area contributed by atoms with Crippen LogP contribution in [0.1, 0.15) is 55.8 Å². The Morgan fingerprint density at radius 2 is 1.93 bits per heavy atom. The fourth-order valence-electron chi connectivity index (χ4n) is 2.31. The standard InChI is InChI=1S/C11H16BrNO2/c12-11-9(7-14)10(15-13-11)8-5-3-1-2-4-6-8/h8,14H,1-7H2. The van der Waals surface area contributed by atoms with Crippen LogP contribution >= 0.6 is 15.9 Å². The molecule has 0 aromatic carbocycles. The highest BCUT2D eigenvalue weighted by molar-refractivity contribution is 9.10. The second-order valence-electron chi connectivity index (χ2n) is 4.16. The summed E-state index contributed by atoms with van der Waals surface area (Å²) in [6.45, 7) is 0.00984. The average molecular weight is 274 g/mol. The lowest BCUT2D eigenvalue weighted by Crippen LogP contribution is -1.99. The molecule has 4 heteroatoms. The lowest BCUT2D eigenvalue weighted by Gasteiger charge is -2.11. The van der Waals surface area contributed by atoms with Crippen molar-refractivity contribution < 1.29 is 9.63 Å². The molecule has 1 saturated carbocycles. The van der Waals surface area contributed by atoms with Gasteiger partial charge in [0.05, 0.1) is 12.2 Å². The Bertz CT molecular complexity index is 316. The van der Waals surface area contributed by atoms with Crippen molar-refractivity contribution >= 4 is 15.9 Å². The summed E-state index contributed by atoms with van der Waals surface area (Å²) >= 11 is 3.30. The van der Waals surface area contributed by atoms with E-state index in [-0.39, 0.29) is 6.61 Å². The number of aliphatic hydroxyl groups excluding tert-OH is 1. The molecule has 1 fully saturated rings. The van der Waals surface area contributed by atoms with Crippen molar-refractivity contribution in [3.8, 4) is 0 Å². The summed E-state index contributed by atoms with van der Waals surface area (Å²) in [7, 11) is 0. The van der Waals surface area contributed by atoms with Gasteiger partial charge >= 0.3 is 0 Å². The SMILES string of the molecule is OCc1c(Br)noc1C1CCCCCC1.